The van der Waals surface area contributed by atoms with Crippen LogP contribution in [0.3, 0.4) is 0 Å². The Hall–Kier alpha value is -2.66. The summed E-state index contributed by atoms with van der Waals surface area (Å²) >= 11 is 0. The molecule has 262 valence electrons. The molecular formula is C41H68O5. The van der Waals surface area contributed by atoms with Crippen LogP contribution in [0.1, 0.15) is 155 Å². The lowest BCUT2D eigenvalue weighted by Gasteiger charge is -2.15. The highest BCUT2D eigenvalue weighted by atomic mass is 16.6. The topological polar surface area (TPSA) is 72.8 Å². The minimum absolute atomic E-state index is 0.0967. The van der Waals surface area contributed by atoms with E-state index >= 15 is 0 Å². The van der Waals surface area contributed by atoms with Crippen molar-refractivity contribution in [1.82, 2.24) is 0 Å². The Morgan fingerprint density at radius 2 is 1.07 bits per heavy atom. The Morgan fingerprint density at radius 1 is 0.543 bits per heavy atom. The quantitative estimate of drug-likeness (QED) is 0.0343. The highest BCUT2D eigenvalue weighted by Crippen LogP contribution is 2.11. The summed E-state index contributed by atoms with van der Waals surface area (Å²) in [6.07, 6.45) is 48.2. The molecule has 0 aliphatic carbocycles. The van der Waals surface area contributed by atoms with E-state index in [9.17, 15) is 14.7 Å². The van der Waals surface area contributed by atoms with Crippen molar-refractivity contribution in [3.63, 3.8) is 0 Å². The van der Waals surface area contributed by atoms with Gasteiger partial charge in [0.25, 0.3) is 0 Å². The molecule has 0 fully saturated rings. The van der Waals surface area contributed by atoms with Crippen LogP contribution < -0.4 is 0 Å². The van der Waals surface area contributed by atoms with Gasteiger partial charge in [-0.25, -0.2) is 0 Å². The molecule has 0 unspecified atom stereocenters. The molecule has 5 heteroatoms. The van der Waals surface area contributed by atoms with E-state index in [1.165, 1.54) is 57.8 Å². The zero-order valence-electron chi connectivity index (χ0n) is 29.6. The number of carbonyl (C=O) groups is 2. The number of aliphatic hydroxyl groups is 1. The van der Waals surface area contributed by atoms with E-state index in [0.717, 1.165) is 64.2 Å². The van der Waals surface area contributed by atoms with E-state index in [-0.39, 0.29) is 31.6 Å². The molecule has 46 heavy (non-hydrogen) atoms. The highest BCUT2D eigenvalue weighted by Gasteiger charge is 2.15. The van der Waals surface area contributed by atoms with Crippen LogP contribution in [0, 0.1) is 0 Å². The molecule has 5 nitrogen and oxygen atoms in total. The van der Waals surface area contributed by atoms with Crippen molar-refractivity contribution in [2.45, 2.75) is 161 Å². The number of hydrogen-bond acceptors (Lipinski definition) is 5. The van der Waals surface area contributed by atoms with Crippen LogP contribution >= 0.6 is 0 Å². The van der Waals surface area contributed by atoms with Gasteiger partial charge >= 0.3 is 11.9 Å². The van der Waals surface area contributed by atoms with Crippen molar-refractivity contribution < 1.29 is 24.2 Å². The van der Waals surface area contributed by atoms with Crippen molar-refractivity contribution in [3.05, 3.63) is 72.9 Å². The third-order valence-corrected chi connectivity index (χ3v) is 7.49. The molecule has 0 aromatic rings. The Kier molecular flexibility index (Phi) is 34.7. The fraction of sp³-hybridized carbons (Fsp3) is 0.659. The fourth-order valence-electron chi connectivity index (χ4n) is 4.70. The molecule has 0 heterocycles. The van der Waals surface area contributed by atoms with Gasteiger partial charge in [-0.15, -0.1) is 0 Å². The summed E-state index contributed by atoms with van der Waals surface area (Å²) in [5.41, 5.74) is 0. The van der Waals surface area contributed by atoms with Crippen LogP contribution in [-0.4, -0.2) is 36.4 Å². The number of aliphatic hydroxyl groups excluding tert-OH is 1. The zero-order chi connectivity index (χ0) is 33.6. The molecule has 0 aromatic heterocycles. The predicted molar refractivity (Wildman–Crippen MR) is 196 cm³/mol. The maximum atomic E-state index is 12.1. The van der Waals surface area contributed by atoms with Crippen molar-refractivity contribution in [2.75, 3.05) is 13.2 Å². The van der Waals surface area contributed by atoms with Gasteiger partial charge in [-0.3, -0.25) is 9.59 Å². The Morgan fingerprint density at radius 3 is 1.76 bits per heavy atom. The minimum Gasteiger partial charge on any atom is -0.462 e. The van der Waals surface area contributed by atoms with E-state index in [2.05, 4.69) is 86.8 Å². The monoisotopic (exact) mass is 641 g/mol. The average molecular weight is 641 g/mol. The van der Waals surface area contributed by atoms with Crippen LogP contribution in [0.5, 0.6) is 0 Å². The lowest BCUT2D eigenvalue weighted by atomic mass is 10.1. The van der Waals surface area contributed by atoms with Crippen LogP contribution in [0.15, 0.2) is 72.9 Å². The van der Waals surface area contributed by atoms with E-state index in [0.29, 0.717) is 12.8 Å². The molecule has 0 aliphatic heterocycles. The number of hydrogen-bond donors (Lipinski definition) is 1. The molecule has 1 N–H and O–H groups in total. The zero-order valence-corrected chi connectivity index (χ0v) is 29.6. The molecule has 1 atom stereocenters. The number of allylic oxidation sites excluding steroid dienone is 12. The van der Waals surface area contributed by atoms with Gasteiger partial charge in [-0.2, -0.15) is 0 Å². The first-order chi connectivity index (χ1) is 22.6. The van der Waals surface area contributed by atoms with Gasteiger partial charge in [-0.05, 0) is 77.0 Å². The lowest BCUT2D eigenvalue weighted by molar-refractivity contribution is -0.161. The molecule has 0 saturated carbocycles. The van der Waals surface area contributed by atoms with Gasteiger partial charge in [0.2, 0.25) is 0 Å². The number of unbranched alkanes of at least 4 members (excludes halogenated alkanes) is 13. The largest absolute Gasteiger partial charge is 0.462 e. The third-order valence-electron chi connectivity index (χ3n) is 7.49. The summed E-state index contributed by atoms with van der Waals surface area (Å²) in [5.74, 6) is -0.677. The second-order valence-electron chi connectivity index (χ2n) is 11.9. The number of carbonyl (C=O) groups excluding carboxylic acids is 2. The molecule has 0 amide bonds. The van der Waals surface area contributed by atoms with Crippen LogP contribution in [0.4, 0.5) is 0 Å². The Balaban J connectivity index is 3.72. The number of rotatable bonds is 32. The molecule has 0 rings (SSSR count). The second kappa shape index (κ2) is 36.8. The first-order valence-electron chi connectivity index (χ1n) is 18.5. The maximum absolute atomic E-state index is 12.1. The normalized spacial score (nSPS) is 13.0. The molecule has 0 spiro atoms. The van der Waals surface area contributed by atoms with Gasteiger partial charge in [0.05, 0.1) is 6.61 Å². The molecule has 0 aliphatic rings. The highest BCUT2D eigenvalue weighted by molar-refractivity contribution is 5.70. The number of esters is 2. The smallest absolute Gasteiger partial charge is 0.306 e. The summed E-state index contributed by atoms with van der Waals surface area (Å²) in [5, 5.41) is 9.52. The SMILES string of the molecule is CC/C=C/CC/C=C/C=C/C/C=C/C/C=C/CCCC(=O)O[C@@H](CO)COC(=O)CCCCCCC/C=C\CCCCCCCC. The summed E-state index contributed by atoms with van der Waals surface area (Å²) < 4.78 is 10.5. The summed E-state index contributed by atoms with van der Waals surface area (Å²) in [4.78, 5) is 24.2. The Labute approximate surface area is 283 Å². The summed E-state index contributed by atoms with van der Waals surface area (Å²) in [7, 11) is 0. The van der Waals surface area contributed by atoms with Crippen LogP contribution in [-0.2, 0) is 19.1 Å². The van der Waals surface area contributed by atoms with Crippen LogP contribution in [0.25, 0.3) is 0 Å². The maximum Gasteiger partial charge on any atom is 0.306 e. The summed E-state index contributed by atoms with van der Waals surface area (Å²) in [6, 6.07) is 0. The van der Waals surface area contributed by atoms with Gasteiger partial charge in [-0.1, -0.05) is 138 Å². The van der Waals surface area contributed by atoms with E-state index in [1.54, 1.807) is 0 Å². The van der Waals surface area contributed by atoms with Crippen molar-refractivity contribution in [1.29, 1.82) is 0 Å². The van der Waals surface area contributed by atoms with E-state index in [4.69, 9.17) is 9.47 Å². The standard InChI is InChI=1S/C41H68O5/c1-3-5-7-9-11-13-15-17-19-20-22-24-26-28-30-32-34-36-41(44)46-39(37-42)38-45-40(43)35-33-31-29-27-25-23-21-18-16-14-12-10-8-6-4-2/h5,7,13,15,17-19,21-22,24,28,30,39,42H,3-4,6,8-12,14,16,20,23,25-27,29,31-38H2,1-2H3/b7-5+,15-13+,19-17+,21-18-,24-22+,30-28+/t39-/m0/s1. The predicted octanol–water partition coefficient (Wildman–Crippen LogP) is 11.4. The van der Waals surface area contributed by atoms with Crippen molar-refractivity contribution in [2.24, 2.45) is 0 Å². The molecular weight excluding hydrogens is 572 g/mol. The third kappa shape index (κ3) is 34.2. The molecule has 0 saturated heterocycles. The van der Waals surface area contributed by atoms with Crippen molar-refractivity contribution >= 4 is 11.9 Å². The van der Waals surface area contributed by atoms with Crippen molar-refractivity contribution in [3.8, 4) is 0 Å². The molecule has 0 aromatic carbocycles. The van der Waals surface area contributed by atoms with Gasteiger partial charge in [0.15, 0.2) is 6.10 Å². The first kappa shape index (κ1) is 43.3. The van der Waals surface area contributed by atoms with E-state index < -0.39 is 6.10 Å². The van der Waals surface area contributed by atoms with Crippen LogP contribution in [0.2, 0.25) is 0 Å². The molecule has 0 bridgehead atoms. The summed E-state index contributed by atoms with van der Waals surface area (Å²) in [6.45, 7) is 3.95. The lowest BCUT2D eigenvalue weighted by Crippen LogP contribution is -2.28. The van der Waals surface area contributed by atoms with Gasteiger partial charge in [0.1, 0.15) is 6.61 Å². The Bertz CT molecular complexity index is 864. The van der Waals surface area contributed by atoms with Gasteiger partial charge in [0, 0.05) is 12.8 Å². The average Bonchev–Trinajstić information content (AvgIpc) is 3.06. The minimum atomic E-state index is -0.807. The second-order valence-corrected chi connectivity index (χ2v) is 11.9. The van der Waals surface area contributed by atoms with Gasteiger partial charge < -0.3 is 14.6 Å². The fourth-order valence-corrected chi connectivity index (χ4v) is 4.70. The first-order valence-corrected chi connectivity index (χ1v) is 18.5. The van der Waals surface area contributed by atoms with E-state index in [1.807, 2.05) is 0 Å². The molecule has 0 radical (unpaired) electrons. The number of ether oxygens (including phenoxy) is 2.